The van der Waals surface area contributed by atoms with Crippen LogP contribution < -0.4 is 15.0 Å². The molecule has 26 heavy (non-hydrogen) atoms. The molecule has 1 amide bonds. The molecule has 0 aliphatic heterocycles. The third-order valence-corrected chi connectivity index (χ3v) is 4.19. The Kier molecular flexibility index (Phi) is 4.98. The van der Waals surface area contributed by atoms with Crippen molar-refractivity contribution in [3.63, 3.8) is 0 Å². The summed E-state index contributed by atoms with van der Waals surface area (Å²) in [6, 6.07) is 13.9. The molecule has 1 aromatic heterocycles. The summed E-state index contributed by atoms with van der Waals surface area (Å²) >= 11 is 0. The minimum atomic E-state index is -0.192. The Morgan fingerprint density at radius 3 is 2.62 bits per heavy atom. The summed E-state index contributed by atoms with van der Waals surface area (Å²) < 4.78 is 6.10. The first-order chi connectivity index (χ1) is 12.5. The van der Waals surface area contributed by atoms with Crippen LogP contribution in [0.3, 0.4) is 0 Å². The van der Waals surface area contributed by atoms with Gasteiger partial charge in [-0.05, 0) is 55.0 Å². The summed E-state index contributed by atoms with van der Waals surface area (Å²) in [5.74, 6) is 1.37. The standard InChI is InChI=1S/C21H23N3O2/c1-5-20(25)22-13-15-6-11-19(18-12-14(2)23-21(15)18)26-17-9-7-16(8-10-17)24(3)4/h5-12,23H,1,13H2,2-4H3,(H,22,25). The number of aryl methyl sites for hydroxylation is 1. The molecule has 0 fully saturated rings. The van der Waals surface area contributed by atoms with Crippen molar-refractivity contribution in [2.24, 2.45) is 0 Å². The van der Waals surface area contributed by atoms with Gasteiger partial charge < -0.3 is 19.9 Å². The third-order valence-electron chi connectivity index (χ3n) is 4.19. The normalized spacial score (nSPS) is 10.6. The number of aromatic nitrogens is 1. The Balaban J connectivity index is 1.89. The van der Waals surface area contributed by atoms with Crippen molar-refractivity contribution in [3.05, 3.63) is 66.4 Å². The number of amides is 1. The van der Waals surface area contributed by atoms with E-state index in [0.717, 1.165) is 39.3 Å². The number of aromatic amines is 1. The number of hydrogen-bond acceptors (Lipinski definition) is 3. The number of fused-ring (bicyclic) bond motifs is 1. The van der Waals surface area contributed by atoms with Gasteiger partial charge in [0.1, 0.15) is 11.5 Å². The fraction of sp³-hybridized carbons (Fsp3) is 0.190. The maximum Gasteiger partial charge on any atom is 0.243 e. The molecule has 0 saturated heterocycles. The van der Waals surface area contributed by atoms with Gasteiger partial charge in [0.15, 0.2) is 0 Å². The van der Waals surface area contributed by atoms with Crippen LogP contribution in [0.15, 0.2) is 55.1 Å². The van der Waals surface area contributed by atoms with E-state index in [4.69, 9.17) is 4.74 Å². The van der Waals surface area contributed by atoms with E-state index in [9.17, 15) is 4.79 Å². The maximum absolute atomic E-state index is 11.4. The first-order valence-corrected chi connectivity index (χ1v) is 8.44. The second-order valence-corrected chi connectivity index (χ2v) is 6.38. The Bertz CT molecular complexity index is 940. The van der Waals surface area contributed by atoms with Crippen LogP contribution in [-0.2, 0) is 11.3 Å². The van der Waals surface area contributed by atoms with E-state index in [2.05, 4.69) is 22.9 Å². The summed E-state index contributed by atoms with van der Waals surface area (Å²) in [5, 5.41) is 3.80. The lowest BCUT2D eigenvalue weighted by molar-refractivity contribution is -0.116. The highest BCUT2D eigenvalue weighted by Gasteiger charge is 2.11. The van der Waals surface area contributed by atoms with E-state index < -0.39 is 0 Å². The molecule has 2 aromatic carbocycles. The van der Waals surface area contributed by atoms with Gasteiger partial charge in [0.25, 0.3) is 0 Å². The van der Waals surface area contributed by atoms with Crippen LogP contribution in [0.1, 0.15) is 11.3 Å². The monoisotopic (exact) mass is 349 g/mol. The predicted molar refractivity (Wildman–Crippen MR) is 106 cm³/mol. The molecule has 5 nitrogen and oxygen atoms in total. The summed E-state index contributed by atoms with van der Waals surface area (Å²) in [7, 11) is 4.01. The van der Waals surface area contributed by atoms with Gasteiger partial charge in [-0.15, -0.1) is 0 Å². The fourth-order valence-electron chi connectivity index (χ4n) is 2.82. The summed E-state index contributed by atoms with van der Waals surface area (Å²) in [6.45, 7) is 5.91. The van der Waals surface area contributed by atoms with Gasteiger partial charge in [0.05, 0.1) is 5.52 Å². The Morgan fingerprint density at radius 1 is 1.23 bits per heavy atom. The fourth-order valence-corrected chi connectivity index (χ4v) is 2.82. The van der Waals surface area contributed by atoms with Crippen LogP contribution in [0.2, 0.25) is 0 Å². The molecule has 0 atom stereocenters. The van der Waals surface area contributed by atoms with Crippen LogP contribution in [0.5, 0.6) is 11.5 Å². The van der Waals surface area contributed by atoms with Crippen molar-refractivity contribution in [2.75, 3.05) is 19.0 Å². The second-order valence-electron chi connectivity index (χ2n) is 6.38. The number of carbonyl (C=O) groups excluding carboxylic acids is 1. The van der Waals surface area contributed by atoms with Crippen LogP contribution in [-0.4, -0.2) is 25.0 Å². The average molecular weight is 349 g/mol. The summed E-state index contributed by atoms with van der Waals surface area (Å²) in [6.07, 6.45) is 1.27. The van der Waals surface area contributed by atoms with E-state index in [1.54, 1.807) is 0 Å². The van der Waals surface area contributed by atoms with Gasteiger partial charge in [0.2, 0.25) is 5.91 Å². The molecule has 0 saturated carbocycles. The Labute approximate surface area is 153 Å². The average Bonchev–Trinajstić information content (AvgIpc) is 3.03. The number of carbonyl (C=O) groups is 1. The van der Waals surface area contributed by atoms with Crippen LogP contribution in [0.25, 0.3) is 10.9 Å². The van der Waals surface area contributed by atoms with Crippen LogP contribution >= 0.6 is 0 Å². The van der Waals surface area contributed by atoms with E-state index in [1.807, 2.05) is 62.3 Å². The molecule has 3 rings (SSSR count). The molecule has 1 heterocycles. The number of hydrogen-bond donors (Lipinski definition) is 2. The lowest BCUT2D eigenvalue weighted by atomic mass is 10.1. The molecule has 5 heteroatoms. The van der Waals surface area contributed by atoms with E-state index in [0.29, 0.717) is 6.54 Å². The highest BCUT2D eigenvalue weighted by Crippen LogP contribution is 2.33. The zero-order valence-corrected chi connectivity index (χ0v) is 15.3. The minimum absolute atomic E-state index is 0.192. The molecule has 0 bridgehead atoms. The number of anilines is 1. The highest BCUT2D eigenvalue weighted by atomic mass is 16.5. The first kappa shape index (κ1) is 17.6. The smallest absolute Gasteiger partial charge is 0.243 e. The second kappa shape index (κ2) is 7.35. The van der Waals surface area contributed by atoms with Crippen molar-refractivity contribution in [1.29, 1.82) is 0 Å². The highest BCUT2D eigenvalue weighted by molar-refractivity contribution is 5.91. The minimum Gasteiger partial charge on any atom is -0.457 e. The van der Waals surface area contributed by atoms with Gasteiger partial charge in [-0.1, -0.05) is 12.6 Å². The molecule has 0 aliphatic rings. The van der Waals surface area contributed by atoms with Gasteiger partial charge in [-0.2, -0.15) is 0 Å². The lowest BCUT2D eigenvalue weighted by Crippen LogP contribution is -2.20. The quantitative estimate of drug-likeness (QED) is 0.658. The van der Waals surface area contributed by atoms with E-state index >= 15 is 0 Å². The van der Waals surface area contributed by atoms with E-state index in [-0.39, 0.29) is 5.91 Å². The van der Waals surface area contributed by atoms with E-state index in [1.165, 1.54) is 6.08 Å². The zero-order valence-electron chi connectivity index (χ0n) is 15.3. The topological polar surface area (TPSA) is 57.4 Å². The zero-order chi connectivity index (χ0) is 18.7. The van der Waals surface area contributed by atoms with Crippen LogP contribution in [0.4, 0.5) is 5.69 Å². The molecular formula is C21H23N3O2. The van der Waals surface area contributed by atoms with Crippen molar-refractivity contribution in [2.45, 2.75) is 13.5 Å². The number of ether oxygens (including phenoxy) is 1. The Hall–Kier alpha value is -3.21. The van der Waals surface area contributed by atoms with Gasteiger partial charge in [-0.3, -0.25) is 4.79 Å². The number of H-pyrrole nitrogens is 1. The molecular weight excluding hydrogens is 326 g/mol. The van der Waals surface area contributed by atoms with Gasteiger partial charge >= 0.3 is 0 Å². The molecule has 0 radical (unpaired) electrons. The molecule has 0 unspecified atom stereocenters. The number of benzene rings is 2. The molecule has 0 spiro atoms. The van der Waals surface area contributed by atoms with Crippen molar-refractivity contribution in [1.82, 2.24) is 10.3 Å². The van der Waals surface area contributed by atoms with Crippen molar-refractivity contribution in [3.8, 4) is 11.5 Å². The molecule has 2 N–H and O–H groups in total. The molecule has 3 aromatic rings. The third kappa shape index (κ3) is 3.72. The SMILES string of the molecule is C=CC(=O)NCc1ccc(Oc2ccc(N(C)C)cc2)c2cc(C)[nH]c12. The number of nitrogens with zero attached hydrogens (tertiary/aromatic N) is 1. The first-order valence-electron chi connectivity index (χ1n) is 8.44. The van der Waals surface area contributed by atoms with Gasteiger partial charge in [0, 0.05) is 37.4 Å². The molecule has 134 valence electrons. The van der Waals surface area contributed by atoms with Crippen molar-refractivity contribution < 1.29 is 9.53 Å². The number of nitrogens with one attached hydrogen (secondary N) is 2. The Morgan fingerprint density at radius 2 is 1.96 bits per heavy atom. The largest absolute Gasteiger partial charge is 0.457 e. The molecule has 0 aliphatic carbocycles. The summed E-state index contributed by atoms with van der Waals surface area (Å²) in [4.78, 5) is 16.8. The number of rotatable bonds is 6. The van der Waals surface area contributed by atoms with Crippen molar-refractivity contribution >= 4 is 22.5 Å². The predicted octanol–water partition coefficient (Wildman–Crippen LogP) is 4.14. The maximum atomic E-state index is 11.4. The van der Waals surface area contributed by atoms with Gasteiger partial charge in [-0.25, -0.2) is 0 Å². The lowest BCUT2D eigenvalue weighted by Gasteiger charge is -2.14. The van der Waals surface area contributed by atoms with Crippen LogP contribution in [0, 0.1) is 6.92 Å². The summed E-state index contributed by atoms with van der Waals surface area (Å²) in [5.41, 5.74) is 4.12.